The highest BCUT2D eigenvalue weighted by atomic mass is 19.4. The smallest absolute Gasteiger partial charge is 0.416 e. The van der Waals surface area contributed by atoms with Crippen molar-refractivity contribution < 1.29 is 31.8 Å². The zero-order valence-electron chi connectivity index (χ0n) is 18.0. The summed E-state index contributed by atoms with van der Waals surface area (Å²) < 4.78 is 64.0. The van der Waals surface area contributed by atoms with Gasteiger partial charge < -0.3 is 14.8 Å². The molecule has 1 aromatic heterocycles. The lowest BCUT2D eigenvalue weighted by Gasteiger charge is -2.14. The summed E-state index contributed by atoms with van der Waals surface area (Å²) in [5.41, 5.74) is -0.0307. The molecule has 0 bridgehead atoms. The molecule has 0 fully saturated rings. The Morgan fingerprint density at radius 1 is 0.912 bits per heavy atom. The minimum Gasteiger partial charge on any atom is -0.493 e. The van der Waals surface area contributed by atoms with E-state index in [9.17, 15) is 22.4 Å². The summed E-state index contributed by atoms with van der Waals surface area (Å²) in [7, 11) is 2.99. The molecule has 0 aliphatic carbocycles. The third-order valence-corrected chi connectivity index (χ3v) is 5.18. The third-order valence-electron chi connectivity index (χ3n) is 5.18. The molecule has 1 N–H and O–H groups in total. The maximum absolute atomic E-state index is 14.2. The van der Waals surface area contributed by atoms with Crippen LogP contribution in [0.15, 0.2) is 66.7 Å². The van der Waals surface area contributed by atoms with Gasteiger partial charge in [-0.2, -0.15) is 13.2 Å². The molecule has 34 heavy (non-hydrogen) atoms. The molecule has 5 nitrogen and oxygen atoms in total. The number of halogens is 4. The first kappa shape index (κ1) is 23.0. The number of para-hydroxylation sites is 1. The van der Waals surface area contributed by atoms with Crippen molar-refractivity contribution in [1.29, 1.82) is 0 Å². The Morgan fingerprint density at radius 3 is 2.35 bits per heavy atom. The number of methoxy groups -OCH3 is 2. The number of nitrogens with zero attached hydrogens (tertiary/aromatic N) is 1. The van der Waals surface area contributed by atoms with E-state index in [1.54, 1.807) is 42.5 Å². The Kier molecular flexibility index (Phi) is 6.10. The molecule has 0 atom stereocenters. The monoisotopic (exact) mass is 470 g/mol. The molecule has 4 rings (SSSR count). The quantitative estimate of drug-likeness (QED) is 0.347. The lowest BCUT2D eigenvalue weighted by atomic mass is 10.0. The summed E-state index contributed by atoms with van der Waals surface area (Å²) in [6, 6.07) is 15.2. The van der Waals surface area contributed by atoms with Gasteiger partial charge in [0.1, 0.15) is 5.82 Å². The number of carbonyl (C=O) groups is 1. The maximum atomic E-state index is 14.2. The molecule has 0 radical (unpaired) electrons. The molecule has 174 valence electrons. The van der Waals surface area contributed by atoms with E-state index in [-0.39, 0.29) is 5.56 Å². The van der Waals surface area contributed by atoms with Crippen molar-refractivity contribution in [2.75, 3.05) is 19.5 Å². The summed E-state index contributed by atoms with van der Waals surface area (Å²) in [6.07, 6.45) is -4.68. The molecule has 0 saturated heterocycles. The molecule has 9 heteroatoms. The SMILES string of the molecule is COc1ccc(-c2cc(C(=O)Nc3cc(C(F)(F)F)ccc3F)c3ccccc3n2)cc1OC. The first-order valence-corrected chi connectivity index (χ1v) is 10.0. The Bertz CT molecular complexity index is 1390. The van der Waals surface area contributed by atoms with Crippen molar-refractivity contribution in [1.82, 2.24) is 4.98 Å². The Balaban J connectivity index is 1.80. The van der Waals surface area contributed by atoms with Gasteiger partial charge in [0.2, 0.25) is 0 Å². The first-order chi connectivity index (χ1) is 16.2. The predicted octanol–water partition coefficient (Wildman–Crippen LogP) is 6.33. The van der Waals surface area contributed by atoms with Crippen molar-refractivity contribution in [2.45, 2.75) is 6.18 Å². The van der Waals surface area contributed by atoms with Crippen LogP contribution in [0.3, 0.4) is 0 Å². The standard InChI is InChI=1S/C25H18F4N2O3/c1-33-22-10-7-14(11-23(22)34-2)20-13-17(16-5-3-4-6-19(16)30-20)24(32)31-21-12-15(25(27,28)29)8-9-18(21)26/h3-13H,1-2H3,(H,31,32). The topological polar surface area (TPSA) is 60.5 Å². The number of hydrogen-bond acceptors (Lipinski definition) is 4. The van der Waals surface area contributed by atoms with Crippen molar-refractivity contribution in [3.8, 4) is 22.8 Å². The second kappa shape index (κ2) is 9.01. The molecule has 1 amide bonds. The van der Waals surface area contributed by atoms with Crippen molar-refractivity contribution in [3.63, 3.8) is 0 Å². The fraction of sp³-hybridized carbons (Fsp3) is 0.120. The number of fused-ring (bicyclic) bond motifs is 1. The van der Waals surface area contributed by atoms with Crippen LogP contribution in [-0.2, 0) is 6.18 Å². The Labute approximate surface area is 192 Å². The first-order valence-electron chi connectivity index (χ1n) is 10.0. The number of nitrogens with one attached hydrogen (secondary N) is 1. The van der Waals surface area contributed by atoms with Gasteiger partial charge in [0.15, 0.2) is 11.5 Å². The number of rotatable bonds is 5. The Morgan fingerprint density at radius 2 is 1.65 bits per heavy atom. The van der Waals surface area contributed by atoms with Gasteiger partial charge >= 0.3 is 6.18 Å². The lowest BCUT2D eigenvalue weighted by Crippen LogP contribution is -2.15. The maximum Gasteiger partial charge on any atom is 0.416 e. The zero-order valence-corrected chi connectivity index (χ0v) is 18.0. The number of carbonyl (C=O) groups excluding carboxylic acids is 1. The van der Waals surface area contributed by atoms with Crippen LogP contribution in [0.5, 0.6) is 11.5 Å². The molecule has 0 saturated carbocycles. The normalized spacial score (nSPS) is 11.4. The second-order valence-corrected chi connectivity index (χ2v) is 7.29. The van der Waals surface area contributed by atoms with Gasteiger partial charge in [0.25, 0.3) is 5.91 Å². The number of aromatic nitrogens is 1. The minimum atomic E-state index is -4.68. The number of pyridine rings is 1. The number of alkyl halides is 3. The number of amides is 1. The van der Waals surface area contributed by atoms with Crippen LogP contribution >= 0.6 is 0 Å². The largest absolute Gasteiger partial charge is 0.493 e. The van der Waals surface area contributed by atoms with Crippen molar-refractivity contribution in [2.24, 2.45) is 0 Å². The van der Waals surface area contributed by atoms with Crippen LogP contribution in [0.2, 0.25) is 0 Å². The van der Waals surface area contributed by atoms with Crippen molar-refractivity contribution in [3.05, 3.63) is 83.7 Å². The molecule has 4 aromatic rings. The van der Waals surface area contributed by atoms with Gasteiger partial charge in [-0.25, -0.2) is 9.37 Å². The average Bonchev–Trinajstić information content (AvgIpc) is 2.83. The molecular formula is C25H18F4N2O3. The molecule has 0 spiro atoms. The van der Waals surface area contributed by atoms with Crippen LogP contribution in [-0.4, -0.2) is 25.1 Å². The molecule has 0 aliphatic heterocycles. The number of benzene rings is 3. The van der Waals surface area contributed by atoms with E-state index in [1.165, 1.54) is 20.3 Å². The second-order valence-electron chi connectivity index (χ2n) is 7.29. The number of hydrogen-bond donors (Lipinski definition) is 1. The van der Waals surface area contributed by atoms with Crippen LogP contribution < -0.4 is 14.8 Å². The van der Waals surface area contributed by atoms with Gasteiger partial charge in [0.05, 0.1) is 42.2 Å². The van der Waals surface area contributed by atoms with Gasteiger partial charge in [0, 0.05) is 10.9 Å². The number of ether oxygens (including phenoxy) is 2. The van der Waals surface area contributed by atoms with Gasteiger partial charge in [-0.15, -0.1) is 0 Å². The molecule has 1 heterocycles. The van der Waals surface area contributed by atoms with Crippen LogP contribution in [0, 0.1) is 5.82 Å². The summed E-state index contributed by atoms with van der Waals surface area (Å²) >= 11 is 0. The summed E-state index contributed by atoms with van der Waals surface area (Å²) in [6.45, 7) is 0. The molecule has 3 aromatic carbocycles. The summed E-state index contributed by atoms with van der Waals surface area (Å²) in [4.78, 5) is 17.7. The average molecular weight is 470 g/mol. The van der Waals surface area contributed by atoms with E-state index >= 15 is 0 Å². The predicted molar refractivity (Wildman–Crippen MR) is 120 cm³/mol. The fourth-order valence-electron chi connectivity index (χ4n) is 3.49. The van der Waals surface area contributed by atoms with E-state index in [2.05, 4.69) is 10.3 Å². The van der Waals surface area contributed by atoms with Gasteiger partial charge in [-0.1, -0.05) is 18.2 Å². The number of anilines is 1. The molecule has 0 unspecified atom stereocenters. The highest BCUT2D eigenvalue weighted by Crippen LogP contribution is 2.34. The third kappa shape index (κ3) is 4.50. The van der Waals surface area contributed by atoms with Crippen LogP contribution in [0.1, 0.15) is 15.9 Å². The molecule has 0 aliphatic rings. The minimum absolute atomic E-state index is 0.118. The van der Waals surface area contributed by atoms with Crippen LogP contribution in [0.4, 0.5) is 23.2 Å². The van der Waals surface area contributed by atoms with Gasteiger partial charge in [-0.3, -0.25) is 4.79 Å². The lowest BCUT2D eigenvalue weighted by molar-refractivity contribution is -0.137. The summed E-state index contributed by atoms with van der Waals surface area (Å²) in [5, 5.41) is 2.72. The van der Waals surface area contributed by atoms with Crippen molar-refractivity contribution >= 4 is 22.5 Å². The molecular weight excluding hydrogens is 452 g/mol. The zero-order chi connectivity index (χ0) is 24.5. The highest BCUT2D eigenvalue weighted by molar-refractivity contribution is 6.13. The highest BCUT2D eigenvalue weighted by Gasteiger charge is 2.31. The van der Waals surface area contributed by atoms with Gasteiger partial charge in [-0.05, 0) is 48.5 Å². The van der Waals surface area contributed by atoms with E-state index in [1.807, 2.05) is 0 Å². The Hall–Kier alpha value is -4.14. The van der Waals surface area contributed by atoms with E-state index in [4.69, 9.17) is 9.47 Å². The van der Waals surface area contributed by atoms with Crippen LogP contribution in [0.25, 0.3) is 22.2 Å². The van der Waals surface area contributed by atoms with E-state index in [0.717, 1.165) is 0 Å². The summed E-state index contributed by atoms with van der Waals surface area (Å²) in [5.74, 6) is -0.810. The van der Waals surface area contributed by atoms with E-state index < -0.39 is 29.2 Å². The fourth-order valence-corrected chi connectivity index (χ4v) is 3.49. The van der Waals surface area contributed by atoms with E-state index in [0.29, 0.717) is 51.9 Å².